The zero-order valence-corrected chi connectivity index (χ0v) is 10.1. The first-order valence-electron chi connectivity index (χ1n) is 5.00. The van der Waals surface area contributed by atoms with Gasteiger partial charge >= 0.3 is 6.03 Å². The molecule has 0 fully saturated rings. The smallest absolute Gasteiger partial charge is 0.307 e. The van der Waals surface area contributed by atoms with Crippen molar-refractivity contribution in [1.29, 1.82) is 0 Å². The van der Waals surface area contributed by atoms with Crippen molar-refractivity contribution in [2.45, 2.75) is 13.3 Å². The van der Waals surface area contributed by atoms with E-state index in [4.69, 9.17) is 0 Å². The van der Waals surface area contributed by atoms with Gasteiger partial charge in [-0.3, -0.25) is 0 Å². The van der Waals surface area contributed by atoms with E-state index in [1.807, 2.05) is 4.72 Å². The van der Waals surface area contributed by atoms with E-state index in [1.165, 1.54) is 12.1 Å². The molecule has 0 aliphatic rings. The van der Waals surface area contributed by atoms with Crippen molar-refractivity contribution < 1.29 is 17.6 Å². The normalized spacial score (nSPS) is 10.9. The van der Waals surface area contributed by atoms with E-state index in [0.717, 1.165) is 12.1 Å². The van der Waals surface area contributed by atoms with Gasteiger partial charge in [0.25, 0.3) is 0 Å². The molecule has 0 atom stereocenters. The van der Waals surface area contributed by atoms with Crippen LogP contribution in [0.5, 0.6) is 0 Å². The number of urea groups is 1. The first kappa shape index (κ1) is 13.4. The maximum absolute atomic E-state index is 12.6. The molecule has 0 heterocycles. The van der Waals surface area contributed by atoms with Crippen molar-refractivity contribution in [2.24, 2.45) is 0 Å². The van der Waals surface area contributed by atoms with Crippen LogP contribution in [-0.2, 0) is 10.0 Å². The molecule has 2 amide bonds. The van der Waals surface area contributed by atoms with Crippen molar-refractivity contribution in [3.63, 3.8) is 0 Å². The van der Waals surface area contributed by atoms with Crippen LogP contribution in [0.25, 0.3) is 0 Å². The highest BCUT2D eigenvalue weighted by atomic mass is 32.2. The van der Waals surface area contributed by atoms with E-state index in [0.29, 0.717) is 12.1 Å². The molecular formula is C10H13FN2O3S. The van der Waals surface area contributed by atoms with Gasteiger partial charge in [0, 0.05) is 5.69 Å². The third-order valence-corrected chi connectivity index (χ3v) is 3.27. The van der Waals surface area contributed by atoms with Gasteiger partial charge in [-0.05, 0) is 30.7 Å². The quantitative estimate of drug-likeness (QED) is 0.865. The second-order valence-electron chi connectivity index (χ2n) is 3.38. The predicted octanol–water partition coefficient (Wildman–Crippen LogP) is 1.69. The summed E-state index contributed by atoms with van der Waals surface area (Å²) < 4.78 is 36.9. The highest BCUT2D eigenvalue weighted by Crippen LogP contribution is 2.07. The van der Waals surface area contributed by atoms with E-state index in [9.17, 15) is 17.6 Å². The molecule has 0 spiro atoms. The van der Waals surface area contributed by atoms with E-state index in [-0.39, 0.29) is 5.75 Å². The molecule has 0 aliphatic heterocycles. The summed E-state index contributed by atoms with van der Waals surface area (Å²) >= 11 is 0. The maximum atomic E-state index is 12.6. The lowest BCUT2D eigenvalue weighted by molar-refractivity contribution is 0.256. The molecule has 0 saturated carbocycles. The molecule has 7 heteroatoms. The van der Waals surface area contributed by atoms with Crippen molar-refractivity contribution in [1.82, 2.24) is 4.72 Å². The van der Waals surface area contributed by atoms with Crippen LogP contribution in [0.4, 0.5) is 14.9 Å². The van der Waals surface area contributed by atoms with Gasteiger partial charge in [-0.15, -0.1) is 0 Å². The molecular weight excluding hydrogens is 247 g/mol. The summed E-state index contributed by atoms with van der Waals surface area (Å²) in [6.07, 6.45) is 0.416. The Hall–Kier alpha value is -1.63. The number of carbonyl (C=O) groups is 1. The van der Waals surface area contributed by atoms with Crippen LogP contribution in [-0.4, -0.2) is 20.2 Å². The molecule has 0 aromatic heterocycles. The monoisotopic (exact) mass is 260 g/mol. The van der Waals surface area contributed by atoms with E-state index < -0.39 is 21.9 Å². The van der Waals surface area contributed by atoms with Crippen LogP contribution in [0.1, 0.15) is 13.3 Å². The second kappa shape index (κ2) is 5.62. The Labute approximate surface area is 99.1 Å². The van der Waals surface area contributed by atoms with Crippen LogP contribution in [0, 0.1) is 5.82 Å². The molecule has 2 N–H and O–H groups in total. The van der Waals surface area contributed by atoms with Crippen molar-refractivity contribution in [3.8, 4) is 0 Å². The highest BCUT2D eigenvalue weighted by Gasteiger charge is 2.12. The van der Waals surface area contributed by atoms with Crippen LogP contribution in [0.3, 0.4) is 0 Å². The van der Waals surface area contributed by atoms with Gasteiger partial charge < -0.3 is 5.32 Å². The standard InChI is InChI=1S/C10H13FN2O3S/c1-2-7-17(15,16)13-10(14)12-9-5-3-8(11)4-6-9/h3-6H,2,7H2,1H3,(H2,12,13,14). The summed E-state index contributed by atoms with van der Waals surface area (Å²) in [6.45, 7) is 1.69. The van der Waals surface area contributed by atoms with Gasteiger partial charge in [0.2, 0.25) is 10.0 Å². The molecule has 1 aromatic carbocycles. The summed E-state index contributed by atoms with van der Waals surface area (Å²) in [6, 6.07) is 4.14. The number of carbonyl (C=O) groups excluding carboxylic acids is 1. The third kappa shape index (κ3) is 4.81. The van der Waals surface area contributed by atoms with Crippen LogP contribution in [0.2, 0.25) is 0 Å². The van der Waals surface area contributed by atoms with Crippen molar-refractivity contribution in [2.75, 3.05) is 11.1 Å². The lowest BCUT2D eigenvalue weighted by Gasteiger charge is -2.07. The van der Waals surface area contributed by atoms with Gasteiger partial charge in [-0.25, -0.2) is 22.3 Å². The Morgan fingerprint density at radius 1 is 1.29 bits per heavy atom. The maximum Gasteiger partial charge on any atom is 0.332 e. The molecule has 0 bridgehead atoms. The Balaban J connectivity index is 2.59. The van der Waals surface area contributed by atoms with Crippen LogP contribution < -0.4 is 10.0 Å². The Morgan fingerprint density at radius 2 is 1.88 bits per heavy atom. The van der Waals surface area contributed by atoms with E-state index in [2.05, 4.69) is 5.32 Å². The average molecular weight is 260 g/mol. The van der Waals surface area contributed by atoms with Gasteiger partial charge in [0.05, 0.1) is 5.75 Å². The average Bonchev–Trinajstić information content (AvgIpc) is 2.20. The molecule has 0 radical (unpaired) electrons. The Bertz CT molecular complexity index is 485. The summed E-state index contributed by atoms with van der Waals surface area (Å²) in [7, 11) is -3.60. The zero-order valence-electron chi connectivity index (χ0n) is 9.23. The van der Waals surface area contributed by atoms with Crippen LogP contribution >= 0.6 is 0 Å². The van der Waals surface area contributed by atoms with E-state index in [1.54, 1.807) is 6.92 Å². The number of hydrogen-bond acceptors (Lipinski definition) is 3. The first-order valence-corrected chi connectivity index (χ1v) is 6.65. The second-order valence-corrected chi connectivity index (χ2v) is 5.22. The zero-order chi connectivity index (χ0) is 12.9. The molecule has 0 unspecified atom stereocenters. The molecule has 0 saturated heterocycles. The summed E-state index contributed by atoms with van der Waals surface area (Å²) in [5.74, 6) is -0.557. The first-order chi connectivity index (χ1) is 7.93. The largest absolute Gasteiger partial charge is 0.332 e. The minimum absolute atomic E-state index is 0.121. The number of anilines is 1. The minimum Gasteiger partial charge on any atom is -0.307 e. The number of amides is 2. The van der Waals surface area contributed by atoms with Gasteiger partial charge in [0.1, 0.15) is 5.82 Å². The number of benzene rings is 1. The predicted molar refractivity (Wildman–Crippen MR) is 62.6 cm³/mol. The van der Waals surface area contributed by atoms with Crippen molar-refractivity contribution in [3.05, 3.63) is 30.1 Å². The SMILES string of the molecule is CCCS(=O)(=O)NC(=O)Nc1ccc(F)cc1. The van der Waals surface area contributed by atoms with Crippen LogP contribution in [0.15, 0.2) is 24.3 Å². The number of nitrogens with one attached hydrogen (secondary N) is 2. The Morgan fingerprint density at radius 3 is 2.41 bits per heavy atom. The highest BCUT2D eigenvalue weighted by molar-refractivity contribution is 7.90. The topological polar surface area (TPSA) is 75.3 Å². The fourth-order valence-electron chi connectivity index (χ4n) is 1.15. The van der Waals surface area contributed by atoms with Crippen molar-refractivity contribution >= 4 is 21.7 Å². The fourth-order valence-corrected chi connectivity index (χ4v) is 2.12. The van der Waals surface area contributed by atoms with Gasteiger partial charge in [-0.1, -0.05) is 6.92 Å². The Kier molecular flexibility index (Phi) is 4.45. The summed E-state index contributed by atoms with van der Waals surface area (Å²) in [4.78, 5) is 11.3. The molecule has 5 nitrogen and oxygen atoms in total. The molecule has 0 aliphatic carbocycles. The third-order valence-electron chi connectivity index (χ3n) is 1.82. The lowest BCUT2D eigenvalue weighted by Crippen LogP contribution is -2.35. The molecule has 1 aromatic rings. The molecule has 17 heavy (non-hydrogen) atoms. The number of halogens is 1. The minimum atomic E-state index is -3.60. The van der Waals surface area contributed by atoms with Gasteiger partial charge in [-0.2, -0.15) is 0 Å². The molecule has 1 rings (SSSR count). The van der Waals surface area contributed by atoms with E-state index >= 15 is 0 Å². The summed E-state index contributed by atoms with van der Waals surface area (Å²) in [5.41, 5.74) is 0.315. The lowest BCUT2D eigenvalue weighted by atomic mass is 10.3. The van der Waals surface area contributed by atoms with Gasteiger partial charge in [0.15, 0.2) is 0 Å². The number of hydrogen-bond donors (Lipinski definition) is 2. The summed E-state index contributed by atoms with van der Waals surface area (Å²) in [5, 5.41) is 2.29. The number of sulfonamides is 1. The fraction of sp³-hybridized carbons (Fsp3) is 0.300. The molecule has 94 valence electrons. The number of rotatable bonds is 4.